The fraction of sp³-hybridized carbons (Fsp3) is 0.583. The van der Waals surface area contributed by atoms with Gasteiger partial charge >= 0.3 is 0 Å². The van der Waals surface area contributed by atoms with E-state index < -0.39 is 0 Å². The first kappa shape index (κ1) is 21.1. The molecule has 8 nitrogen and oxygen atoms in total. The van der Waals surface area contributed by atoms with Crippen LogP contribution < -0.4 is 5.32 Å². The van der Waals surface area contributed by atoms with E-state index in [1.54, 1.807) is 12.4 Å². The van der Waals surface area contributed by atoms with Crippen LogP contribution in [-0.4, -0.2) is 77.2 Å². The molecule has 32 heavy (non-hydrogen) atoms. The number of aromatic nitrogens is 2. The highest BCUT2D eigenvalue weighted by Gasteiger charge is 2.44. The van der Waals surface area contributed by atoms with Crippen LogP contribution in [0, 0.1) is 16.7 Å². The zero-order chi connectivity index (χ0) is 22.1. The molecule has 0 atom stereocenters. The minimum absolute atomic E-state index is 0.257. The smallest absolute Gasteiger partial charge is 0.233 e. The summed E-state index contributed by atoms with van der Waals surface area (Å²) in [5, 5.41) is 13.7. The van der Waals surface area contributed by atoms with Crippen molar-refractivity contribution in [3.8, 4) is 6.07 Å². The molecule has 1 aromatic heterocycles. The highest BCUT2D eigenvalue weighted by molar-refractivity contribution is 5.90. The van der Waals surface area contributed by atoms with Crippen molar-refractivity contribution in [1.29, 1.82) is 5.26 Å². The maximum absolute atomic E-state index is 12.7. The molecule has 0 spiro atoms. The lowest BCUT2D eigenvalue weighted by molar-refractivity contribution is -0.170. The third kappa shape index (κ3) is 4.03. The average Bonchev–Trinajstić information content (AvgIpc) is 2.82. The summed E-state index contributed by atoms with van der Waals surface area (Å²) in [5.74, 6) is 1.07. The number of carbonyl (C=O) groups excluding carboxylic acids is 1. The van der Waals surface area contributed by atoms with Crippen molar-refractivity contribution in [3.63, 3.8) is 0 Å². The molecule has 0 radical (unpaired) electrons. The number of anilines is 1. The number of nitrogens with one attached hydrogen (secondary N) is 1. The van der Waals surface area contributed by atoms with E-state index in [-0.39, 0.29) is 11.3 Å². The van der Waals surface area contributed by atoms with E-state index in [4.69, 9.17) is 4.74 Å². The van der Waals surface area contributed by atoms with Crippen molar-refractivity contribution >= 4 is 22.6 Å². The molecule has 3 aliphatic rings. The number of nitriles is 1. The lowest BCUT2D eigenvalue weighted by atomic mass is 9.86. The summed E-state index contributed by atoms with van der Waals surface area (Å²) in [6.45, 7) is 6.69. The van der Waals surface area contributed by atoms with Gasteiger partial charge in [0.2, 0.25) is 5.91 Å². The predicted octanol–water partition coefficient (Wildman–Crippen LogP) is 2.41. The Hall–Kier alpha value is -2.76. The lowest BCUT2D eigenvalue weighted by Gasteiger charge is -2.45. The Kier molecular flexibility index (Phi) is 5.70. The first-order valence-corrected chi connectivity index (χ1v) is 11.6. The Balaban J connectivity index is 1.14. The number of ether oxygens (including phenoxy) is 1. The van der Waals surface area contributed by atoms with Crippen LogP contribution in [0.5, 0.6) is 0 Å². The first-order chi connectivity index (χ1) is 15.6. The van der Waals surface area contributed by atoms with Crippen LogP contribution >= 0.6 is 0 Å². The maximum Gasteiger partial charge on any atom is 0.233 e. The highest BCUT2D eigenvalue weighted by Crippen LogP contribution is 2.31. The van der Waals surface area contributed by atoms with E-state index in [2.05, 4.69) is 26.3 Å². The second-order valence-corrected chi connectivity index (χ2v) is 9.60. The van der Waals surface area contributed by atoms with E-state index in [0.717, 1.165) is 68.6 Å². The van der Waals surface area contributed by atoms with Gasteiger partial charge in [-0.3, -0.25) is 9.69 Å². The normalized spacial score (nSPS) is 25.7. The minimum atomic E-state index is -0.301. The Morgan fingerprint density at radius 2 is 1.91 bits per heavy atom. The molecule has 2 saturated heterocycles. The van der Waals surface area contributed by atoms with Gasteiger partial charge in [-0.1, -0.05) is 0 Å². The van der Waals surface area contributed by atoms with Crippen LogP contribution in [0.2, 0.25) is 0 Å². The van der Waals surface area contributed by atoms with Crippen molar-refractivity contribution in [2.24, 2.45) is 5.41 Å². The Morgan fingerprint density at radius 3 is 2.56 bits per heavy atom. The molecule has 1 aromatic carbocycles. The molecule has 3 heterocycles. The summed E-state index contributed by atoms with van der Waals surface area (Å²) in [6.07, 6.45) is 6.04. The summed E-state index contributed by atoms with van der Waals surface area (Å²) in [5.41, 5.74) is 1.17. The molecule has 1 aliphatic carbocycles. The lowest BCUT2D eigenvalue weighted by Crippen LogP contribution is -2.59. The quantitative estimate of drug-likeness (QED) is 0.790. The fourth-order valence-electron chi connectivity index (χ4n) is 5.22. The number of piperazine rings is 1. The van der Waals surface area contributed by atoms with Gasteiger partial charge in [-0.15, -0.1) is 0 Å². The number of rotatable bonds is 4. The van der Waals surface area contributed by atoms with Gasteiger partial charge in [0, 0.05) is 43.6 Å². The summed E-state index contributed by atoms with van der Waals surface area (Å²) < 4.78 is 5.27. The van der Waals surface area contributed by atoms with Crippen molar-refractivity contribution in [2.45, 2.75) is 44.7 Å². The number of fused-ring (bicyclic) bond motifs is 1. The van der Waals surface area contributed by atoms with Gasteiger partial charge in [-0.25, -0.2) is 9.97 Å². The zero-order valence-corrected chi connectivity index (χ0v) is 18.6. The van der Waals surface area contributed by atoms with E-state index in [0.29, 0.717) is 30.9 Å². The van der Waals surface area contributed by atoms with Gasteiger partial charge in [-0.05, 0) is 50.8 Å². The molecule has 168 valence electrons. The standard InChI is InChI=1S/C24H30N6O2/c1-24(14-32-15-24)23(31)30-10-8-29(9-11-30)19-5-3-18(4-6-19)28-22-20-12-17(13-25)2-7-21(20)26-16-27-22/h2,7,12,16,18-19H,3-6,8-11,14-15H2,1H3,(H,26,27,28)/t18-,19-. The molecule has 2 aliphatic heterocycles. The van der Waals surface area contributed by atoms with E-state index >= 15 is 0 Å². The number of nitrogens with zero attached hydrogens (tertiary/aromatic N) is 5. The molecule has 1 amide bonds. The van der Waals surface area contributed by atoms with Gasteiger partial charge in [0.1, 0.15) is 12.1 Å². The number of hydrogen-bond acceptors (Lipinski definition) is 7. The molecule has 0 unspecified atom stereocenters. The largest absolute Gasteiger partial charge is 0.379 e. The summed E-state index contributed by atoms with van der Waals surface area (Å²) in [4.78, 5) is 26.1. The van der Waals surface area contributed by atoms with Gasteiger partial charge in [0.25, 0.3) is 0 Å². The van der Waals surface area contributed by atoms with Crippen molar-refractivity contribution in [1.82, 2.24) is 19.8 Å². The van der Waals surface area contributed by atoms with Crippen LogP contribution in [0.15, 0.2) is 24.5 Å². The van der Waals surface area contributed by atoms with Gasteiger partial charge in [0.05, 0.1) is 35.8 Å². The average molecular weight is 435 g/mol. The fourth-order valence-corrected chi connectivity index (χ4v) is 5.22. The van der Waals surface area contributed by atoms with Crippen LogP contribution in [0.25, 0.3) is 10.9 Å². The third-order valence-corrected chi connectivity index (χ3v) is 7.28. The molecule has 8 heteroatoms. The van der Waals surface area contributed by atoms with Gasteiger partial charge in [-0.2, -0.15) is 5.26 Å². The summed E-state index contributed by atoms with van der Waals surface area (Å²) in [7, 11) is 0. The van der Waals surface area contributed by atoms with Gasteiger partial charge < -0.3 is 15.0 Å². The van der Waals surface area contributed by atoms with E-state index in [9.17, 15) is 10.1 Å². The van der Waals surface area contributed by atoms with Gasteiger partial charge in [0.15, 0.2) is 0 Å². The SMILES string of the molecule is CC1(C(=O)N2CCN([C@H]3CC[C@H](Nc4ncnc5ccc(C#N)cc45)CC3)CC2)COC1. The summed E-state index contributed by atoms with van der Waals surface area (Å²) >= 11 is 0. The number of benzene rings is 1. The summed E-state index contributed by atoms with van der Waals surface area (Å²) in [6, 6.07) is 8.68. The Bertz CT molecular complexity index is 1030. The molecule has 1 saturated carbocycles. The number of carbonyl (C=O) groups is 1. The molecule has 2 aromatic rings. The van der Waals surface area contributed by atoms with Crippen LogP contribution in [0.3, 0.4) is 0 Å². The molecule has 5 rings (SSSR count). The Morgan fingerprint density at radius 1 is 1.16 bits per heavy atom. The third-order valence-electron chi connectivity index (χ3n) is 7.28. The monoisotopic (exact) mass is 434 g/mol. The molecule has 3 fully saturated rings. The maximum atomic E-state index is 12.7. The zero-order valence-electron chi connectivity index (χ0n) is 18.6. The topological polar surface area (TPSA) is 94.4 Å². The van der Waals surface area contributed by atoms with Crippen LogP contribution in [-0.2, 0) is 9.53 Å². The minimum Gasteiger partial charge on any atom is -0.379 e. The number of amides is 1. The molecular formula is C24H30N6O2. The number of hydrogen-bond donors (Lipinski definition) is 1. The molecule has 0 bridgehead atoms. The van der Waals surface area contributed by atoms with Crippen molar-refractivity contribution < 1.29 is 9.53 Å². The predicted molar refractivity (Wildman–Crippen MR) is 121 cm³/mol. The molecule has 1 N–H and O–H groups in total. The Labute approximate surface area is 188 Å². The van der Waals surface area contributed by atoms with E-state index in [1.807, 2.05) is 24.0 Å². The second-order valence-electron chi connectivity index (χ2n) is 9.60. The van der Waals surface area contributed by atoms with Crippen LogP contribution in [0.4, 0.5) is 5.82 Å². The first-order valence-electron chi connectivity index (χ1n) is 11.6. The van der Waals surface area contributed by atoms with E-state index in [1.165, 1.54) is 0 Å². The molecular weight excluding hydrogens is 404 g/mol. The van der Waals surface area contributed by atoms with Crippen molar-refractivity contribution in [3.05, 3.63) is 30.1 Å². The van der Waals surface area contributed by atoms with Crippen molar-refractivity contribution in [2.75, 3.05) is 44.7 Å². The second kappa shape index (κ2) is 8.64. The van der Waals surface area contributed by atoms with Crippen LogP contribution in [0.1, 0.15) is 38.2 Å². The highest BCUT2D eigenvalue weighted by atomic mass is 16.5.